The third-order valence-electron chi connectivity index (χ3n) is 4.14. The minimum atomic E-state index is -1.07. The molecule has 2 aromatic carbocycles. The molecule has 0 heterocycles. The van der Waals surface area contributed by atoms with Crippen LogP contribution in [0.5, 0.6) is 0 Å². The molecule has 1 amide bonds. The second-order valence-electron chi connectivity index (χ2n) is 6.38. The monoisotopic (exact) mass is 351 g/mol. The third kappa shape index (κ3) is 5.88. The predicted octanol–water partition coefficient (Wildman–Crippen LogP) is 5.08. The quantitative estimate of drug-likeness (QED) is 0.515. The van der Waals surface area contributed by atoms with E-state index in [2.05, 4.69) is 24.4 Å². The molecule has 4 nitrogen and oxygen atoms in total. The second-order valence-corrected chi connectivity index (χ2v) is 6.38. The van der Waals surface area contributed by atoms with Crippen LogP contribution in [0.25, 0.3) is 6.08 Å². The van der Waals surface area contributed by atoms with Crippen molar-refractivity contribution in [3.63, 3.8) is 0 Å². The Hall–Kier alpha value is -2.88. The molecule has 26 heavy (non-hydrogen) atoms. The summed E-state index contributed by atoms with van der Waals surface area (Å²) in [6.07, 6.45) is 7.85. The van der Waals surface area contributed by atoms with Crippen LogP contribution in [0.1, 0.15) is 53.2 Å². The normalized spacial score (nSPS) is 10.8. The molecule has 0 aliphatic carbocycles. The molecule has 0 spiro atoms. The van der Waals surface area contributed by atoms with Gasteiger partial charge in [-0.05, 0) is 54.7 Å². The highest BCUT2D eigenvalue weighted by Gasteiger charge is 2.11. The van der Waals surface area contributed by atoms with Crippen molar-refractivity contribution in [3.8, 4) is 0 Å². The van der Waals surface area contributed by atoms with Gasteiger partial charge in [-0.15, -0.1) is 0 Å². The standard InChI is InChI=1S/C22H25NO3/c1-3-4-5-6-17-8-10-18(11-9-17)12-14-21(24)23-20-15-16(2)7-13-19(20)22(25)26/h7-15H,3-6H2,1-2H3,(H,23,24)(H,25,26). The molecular formula is C22H25NO3. The maximum atomic E-state index is 12.1. The van der Waals surface area contributed by atoms with Crippen LogP contribution in [0.15, 0.2) is 48.5 Å². The SMILES string of the molecule is CCCCCc1ccc(C=CC(=O)Nc2cc(C)ccc2C(=O)O)cc1. The fourth-order valence-corrected chi connectivity index (χ4v) is 2.67. The number of carbonyl (C=O) groups is 2. The lowest BCUT2D eigenvalue weighted by atomic mass is 10.1. The number of amides is 1. The lowest BCUT2D eigenvalue weighted by Gasteiger charge is -2.07. The smallest absolute Gasteiger partial charge is 0.337 e. The van der Waals surface area contributed by atoms with Gasteiger partial charge in [0, 0.05) is 6.08 Å². The topological polar surface area (TPSA) is 66.4 Å². The largest absolute Gasteiger partial charge is 0.478 e. The van der Waals surface area contributed by atoms with Crippen LogP contribution in [-0.2, 0) is 11.2 Å². The van der Waals surface area contributed by atoms with E-state index in [9.17, 15) is 14.7 Å². The first kappa shape index (κ1) is 19.4. The van der Waals surface area contributed by atoms with Gasteiger partial charge in [0.25, 0.3) is 0 Å². The number of carboxylic acid groups (broad SMARTS) is 1. The zero-order valence-electron chi connectivity index (χ0n) is 15.3. The maximum Gasteiger partial charge on any atom is 0.337 e. The van der Waals surface area contributed by atoms with Gasteiger partial charge in [-0.25, -0.2) is 4.79 Å². The van der Waals surface area contributed by atoms with Gasteiger partial charge < -0.3 is 10.4 Å². The van der Waals surface area contributed by atoms with Crippen molar-refractivity contribution in [2.75, 3.05) is 5.32 Å². The van der Waals surface area contributed by atoms with Gasteiger partial charge in [0.2, 0.25) is 5.91 Å². The highest BCUT2D eigenvalue weighted by atomic mass is 16.4. The molecule has 0 bridgehead atoms. The highest BCUT2D eigenvalue weighted by molar-refractivity contribution is 6.06. The number of hydrogen-bond donors (Lipinski definition) is 2. The number of carbonyl (C=O) groups excluding carboxylic acids is 1. The first-order valence-corrected chi connectivity index (χ1v) is 8.91. The minimum Gasteiger partial charge on any atom is -0.478 e. The number of benzene rings is 2. The second kappa shape index (κ2) is 9.56. The van der Waals surface area contributed by atoms with Gasteiger partial charge in [0.15, 0.2) is 0 Å². The van der Waals surface area contributed by atoms with E-state index >= 15 is 0 Å². The molecule has 0 aliphatic rings. The molecule has 0 saturated carbocycles. The van der Waals surface area contributed by atoms with Crippen molar-refractivity contribution in [1.29, 1.82) is 0 Å². The van der Waals surface area contributed by atoms with Crippen LogP contribution >= 0.6 is 0 Å². The number of aryl methyl sites for hydroxylation is 2. The molecule has 0 atom stereocenters. The van der Waals surface area contributed by atoms with Crippen molar-refractivity contribution in [2.24, 2.45) is 0 Å². The summed E-state index contributed by atoms with van der Waals surface area (Å²) in [4.78, 5) is 23.4. The number of unbranched alkanes of at least 4 members (excludes halogenated alkanes) is 2. The summed E-state index contributed by atoms with van der Waals surface area (Å²) in [5, 5.41) is 11.9. The first-order valence-electron chi connectivity index (χ1n) is 8.91. The summed E-state index contributed by atoms with van der Waals surface area (Å²) in [5.74, 6) is -1.42. The van der Waals surface area contributed by atoms with E-state index in [1.807, 2.05) is 19.1 Å². The molecule has 136 valence electrons. The summed E-state index contributed by atoms with van der Waals surface area (Å²) in [6, 6.07) is 13.0. The fourth-order valence-electron chi connectivity index (χ4n) is 2.67. The highest BCUT2D eigenvalue weighted by Crippen LogP contribution is 2.18. The first-order chi connectivity index (χ1) is 12.5. The molecule has 2 rings (SSSR count). The lowest BCUT2D eigenvalue weighted by molar-refractivity contribution is -0.111. The van der Waals surface area contributed by atoms with Crippen molar-refractivity contribution >= 4 is 23.6 Å². The third-order valence-corrected chi connectivity index (χ3v) is 4.14. The summed E-state index contributed by atoms with van der Waals surface area (Å²) in [6.45, 7) is 4.04. The summed E-state index contributed by atoms with van der Waals surface area (Å²) in [5.41, 5.74) is 3.49. The van der Waals surface area contributed by atoms with Crippen LogP contribution in [0, 0.1) is 6.92 Å². The Morgan fingerprint density at radius 1 is 1.08 bits per heavy atom. The van der Waals surface area contributed by atoms with Crippen LogP contribution in [0.2, 0.25) is 0 Å². The molecular weight excluding hydrogens is 326 g/mol. The van der Waals surface area contributed by atoms with Crippen LogP contribution < -0.4 is 5.32 Å². The Balaban J connectivity index is 1.99. The van der Waals surface area contributed by atoms with Gasteiger partial charge in [0.1, 0.15) is 0 Å². The number of carboxylic acids is 1. The Morgan fingerprint density at radius 2 is 1.81 bits per heavy atom. The van der Waals surface area contributed by atoms with Gasteiger partial charge in [-0.2, -0.15) is 0 Å². The molecule has 0 unspecified atom stereocenters. The number of aromatic carboxylic acids is 1. The molecule has 0 radical (unpaired) electrons. The van der Waals surface area contributed by atoms with Crippen LogP contribution in [0.4, 0.5) is 5.69 Å². The average molecular weight is 351 g/mol. The molecule has 0 aromatic heterocycles. The molecule has 0 saturated heterocycles. The maximum absolute atomic E-state index is 12.1. The van der Waals surface area contributed by atoms with Gasteiger partial charge in [-0.1, -0.05) is 50.1 Å². The zero-order valence-corrected chi connectivity index (χ0v) is 15.3. The van der Waals surface area contributed by atoms with E-state index in [-0.39, 0.29) is 11.5 Å². The lowest BCUT2D eigenvalue weighted by Crippen LogP contribution is -2.12. The van der Waals surface area contributed by atoms with Crippen molar-refractivity contribution in [1.82, 2.24) is 0 Å². The average Bonchev–Trinajstić information content (AvgIpc) is 2.61. The summed E-state index contributed by atoms with van der Waals surface area (Å²) < 4.78 is 0. The van der Waals surface area contributed by atoms with Gasteiger partial charge in [-0.3, -0.25) is 4.79 Å². The molecule has 0 fully saturated rings. The summed E-state index contributed by atoms with van der Waals surface area (Å²) >= 11 is 0. The van der Waals surface area contributed by atoms with Crippen LogP contribution in [0.3, 0.4) is 0 Å². The van der Waals surface area contributed by atoms with E-state index in [0.717, 1.165) is 17.5 Å². The Morgan fingerprint density at radius 3 is 2.46 bits per heavy atom. The number of nitrogens with one attached hydrogen (secondary N) is 1. The number of anilines is 1. The van der Waals surface area contributed by atoms with Gasteiger partial charge in [0.05, 0.1) is 11.3 Å². The Bertz CT molecular complexity index is 792. The van der Waals surface area contributed by atoms with Crippen LogP contribution in [-0.4, -0.2) is 17.0 Å². The molecule has 2 aromatic rings. The summed E-state index contributed by atoms with van der Waals surface area (Å²) in [7, 11) is 0. The fraction of sp³-hybridized carbons (Fsp3) is 0.273. The zero-order chi connectivity index (χ0) is 18.9. The van der Waals surface area contributed by atoms with E-state index < -0.39 is 5.97 Å². The van der Waals surface area contributed by atoms with E-state index in [0.29, 0.717) is 5.69 Å². The Labute approximate surface area is 154 Å². The molecule has 0 aliphatic heterocycles. The number of rotatable bonds is 8. The van der Waals surface area contributed by atoms with Crippen molar-refractivity contribution < 1.29 is 14.7 Å². The predicted molar refractivity (Wildman–Crippen MR) is 105 cm³/mol. The van der Waals surface area contributed by atoms with Crippen molar-refractivity contribution in [3.05, 3.63) is 70.8 Å². The van der Waals surface area contributed by atoms with E-state index in [1.165, 1.54) is 37.0 Å². The minimum absolute atomic E-state index is 0.0776. The molecule has 2 N–H and O–H groups in total. The molecule has 4 heteroatoms. The number of hydrogen-bond acceptors (Lipinski definition) is 2. The van der Waals surface area contributed by atoms with E-state index in [1.54, 1.807) is 18.2 Å². The Kier molecular flexibility index (Phi) is 7.15. The van der Waals surface area contributed by atoms with Gasteiger partial charge >= 0.3 is 5.97 Å². The van der Waals surface area contributed by atoms with Crippen molar-refractivity contribution in [2.45, 2.75) is 39.5 Å². The van der Waals surface area contributed by atoms with E-state index in [4.69, 9.17) is 0 Å².